The molecule has 0 bridgehead atoms. The van der Waals surface area contributed by atoms with Gasteiger partial charge in [0.1, 0.15) is 30.1 Å². The first kappa shape index (κ1) is 19.8. The second-order valence-corrected chi connectivity index (χ2v) is 9.45. The number of imidazole rings is 1. The highest BCUT2D eigenvalue weighted by molar-refractivity contribution is 7.71. The Morgan fingerprint density at radius 1 is 1.47 bits per heavy atom. The Bertz CT molecular complexity index is 1170. The first-order chi connectivity index (χ1) is 14.4. The molecule has 0 amide bonds. The van der Waals surface area contributed by atoms with Crippen molar-refractivity contribution >= 4 is 37.5 Å². The summed E-state index contributed by atoms with van der Waals surface area (Å²) >= 11 is 5.24. The van der Waals surface area contributed by atoms with Gasteiger partial charge >= 0.3 is 8.17 Å². The number of fused-ring (bicyclic) bond motifs is 2. The molecule has 1 saturated heterocycles. The molecule has 2 aromatic heterocycles. The number of aromatic nitrogens is 4. The van der Waals surface area contributed by atoms with Crippen molar-refractivity contribution in [2.45, 2.75) is 38.2 Å². The van der Waals surface area contributed by atoms with Crippen LogP contribution in [0.4, 0.5) is 5.95 Å². The maximum atomic E-state index is 10.6. The van der Waals surface area contributed by atoms with Crippen LogP contribution in [0.2, 0.25) is 0 Å². The van der Waals surface area contributed by atoms with Crippen molar-refractivity contribution in [1.29, 1.82) is 0 Å². The molecule has 10 nitrogen and oxygen atoms in total. The number of nitrogens with one attached hydrogen (secondary N) is 1. The van der Waals surface area contributed by atoms with Crippen LogP contribution in [0.25, 0.3) is 11.2 Å². The lowest BCUT2D eigenvalue weighted by atomic mass is 10.1. The van der Waals surface area contributed by atoms with Crippen molar-refractivity contribution in [3.8, 4) is 5.75 Å². The molecule has 1 fully saturated rings. The number of benzene rings is 1. The van der Waals surface area contributed by atoms with Gasteiger partial charge < -0.3 is 15.5 Å². The molecule has 2 unspecified atom stereocenters. The molecule has 12 heteroatoms. The molecular weight excluding hydrogens is 429 g/mol. The van der Waals surface area contributed by atoms with Crippen molar-refractivity contribution in [3.63, 3.8) is 0 Å². The lowest BCUT2D eigenvalue weighted by Gasteiger charge is -2.27. The molecule has 0 radical (unpaired) electrons. The smallest absolute Gasteiger partial charge is 0.369 e. The quantitative estimate of drug-likeness (QED) is 0.405. The van der Waals surface area contributed by atoms with Gasteiger partial charge in [-0.2, -0.15) is 4.89 Å². The van der Waals surface area contributed by atoms with E-state index in [1.165, 1.54) is 0 Å². The van der Waals surface area contributed by atoms with Crippen molar-refractivity contribution < 1.29 is 23.2 Å². The molecule has 3 atom stereocenters. The molecule has 158 valence electrons. The largest absolute Gasteiger partial charge is 0.619 e. The van der Waals surface area contributed by atoms with E-state index in [4.69, 9.17) is 36.3 Å². The number of nitrogens with zero attached hydrogens (tertiary/aromatic N) is 3. The summed E-state index contributed by atoms with van der Waals surface area (Å²) in [5, 5.41) is 0. The van der Waals surface area contributed by atoms with Crippen LogP contribution in [0, 0.1) is 4.64 Å². The van der Waals surface area contributed by atoms with Gasteiger partial charge in [-0.05, 0) is 25.8 Å². The highest BCUT2D eigenvalue weighted by Gasteiger charge is 2.51. The van der Waals surface area contributed by atoms with Gasteiger partial charge in [-0.25, -0.2) is 9.97 Å². The van der Waals surface area contributed by atoms with Gasteiger partial charge in [-0.3, -0.25) is 9.09 Å². The number of rotatable bonds is 4. The maximum Gasteiger partial charge on any atom is 0.619 e. The van der Waals surface area contributed by atoms with E-state index in [2.05, 4.69) is 15.0 Å². The van der Waals surface area contributed by atoms with Crippen LogP contribution in [-0.4, -0.2) is 37.1 Å². The molecular formula is C18H21N5O5PS+. The normalized spacial score (nSPS) is 28.4. The summed E-state index contributed by atoms with van der Waals surface area (Å²) in [6, 6.07) is 7.39. The van der Waals surface area contributed by atoms with Gasteiger partial charge in [-0.1, -0.05) is 30.4 Å². The first-order valence-corrected chi connectivity index (χ1v) is 11.4. The summed E-state index contributed by atoms with van der Waals surface area (Å²) < 4.78 is 25.2. The number of nitrogen functional groups attached to an aromatic ring is 1. The van der Waals surface area contributed by atoms with E-state index in [0.29, 0.717) is 34.4 Å². The summed E-state index contributed by atoms with van der Waals surface area (Å²) in [5.41, 5.74) is 7.21. The summed E-state index contributed by atoms with van der Waals surface area (Å²) in [6.45, 7) is 2.32. The molecule has 0 spiro atoms. The minimum absolute atomic E-state index is 0.133. The zero-order chi connectivity index (χ0) is 20.9. The number of H-pyrrole nitrogens is 1. The lowest BCUT2D eigenvalue weighted by molar-refractivity contribution is -0.0966. The number of ether oxygens (including phenoxy) is 1. The van der Waals surface area contributed by atoms with Gasteiger partial charge in [0.25, 0.3) is 0 Å². The molecule has 1 aromatic carbocycles. The predicted molar refractivity (Wildman–Crippen MR) is 112 cm³/mol. The van der Waals surface area contributed by atoms with Crippen molar-refractivity contribution in [2.75, 3.05) is 12.3 Å². The van der Waals surface area contributed by atoms with Gasteiger partial charge in [0.15, 0.2) is 16.3 Å². The fraction of sp³-hybridized carbons (Fsp3) is 0.389. The average molecular weight is 450 g/mol. The van der Waals surface area contributed by atoms with Crippen LogP contribution in [0.15, 0.2) is 30.6 Å². The van der Waals surface area contributed by atoms with E-state index in [1.807, 2.05) is 29.7 Å². The van der Waals surface area contributed by atoms with Crippen LogP contribution in [0.5, 0.6) is 5.75 Å². The minimum atomic E-state index is -3.45. The van der Waals surface area contributed by atoms with E-state index in [-0.39, 0.29) is 25.3 Å². The molecule has 4 heterocycles. The Labute approximate surface area is 177 Å². The second-order valence-electron chi connectivity index (χ2n) is 7.43. The number of aromatic amines is 1. The van der Waals surface area contributed by atoms with Crippen LogP contribution in [-0.2, 0) is 26.1 Å². The fourth-order valence-electron chi connectivity index (χ4n) is 3.75. The van der Waals surface area contributed by atoms with E-state index in [9.17, 15) is 4.89 Å². The third-order valence-electron chi connectivity index (χ3n) is 5.29. The minimum Gasteiger partial charge on any atom is -0.369 e. The number of para-hydroxylation sites is 1. The number of nitrogens with two attached hydrogens (primary N) is 1. The summed E-state index contributed by atoms with van der Waals surface area (Å²) in [4.78, 5) is 22.0. The molecule has 0 saturated carbocycles. The van der Waals surface area contributed by atoms with Crippen molar-refractivity contribution in [2.24, 2.45) is 0 Å². The first-order valence-electron chi connectivity index (χ1n) is 9.45. The zero-order valence-electron chi connectivity index (χ0n) is 16.1. The molecule has 0 aliphatic carbocycles. The van der Waals surface area contributed by atoms with Crippen LogP contribution < -0.4 is 10.3 Å². The highest BCUT2D eigenvalue weighted by Crippen LogP contribution is 2.61. The second kappa shape index (κ2) is 7.23. The third-order valence-corrected chi connectivity index (χ3v) is 6.93. The highest BCUT2D eigenvalue weighted by atomic mass is 32.1. The monoisotopic (exact) mass is 450 g/mol. The maximum absolute atomic E-state index is 10.6. The summed E-state index contributed by atoms with van der Waals surface area (Å²) in [5.74, 6) is 0.790. The summed E-state index contributed by atoms with van der Waals surface area (Å²) in [7, 11) is -3.45. The topological polar surface area (TPSA) is 130 Å². The molecule has 3 aromatic rings. The van der Waals surface area contributed by atoms with Crippen LogP contribution >= 0.6 is 20.4 Å². The Hall–Kier alpha value is -2.14. The molecule has 2 aliphatic rings. The van der Waals surface area contributed by atoms with Gasteiger partial charge in [0.2, 0.25) is 0 Å². The Kier molecular flexibility index (Phi) is 4.77. The molecule has 4 N–H and O–H groups in total. The van der Waals surface area contributed by atoms with Gasteiger partial charge in [-0.15, -0.1) is 9.05 Å². The zero-order valence-corrected chi connectivity index (χ0v) is 17.9. The summed E-state index contributed by atoms with van der Waals surface area (Å²) in [6.07, 6.45) is 2.82. The van der Waals surface area contributed by atoms with Gasteiger partial charge in [0, 0.05) is 5.56 Å². The van der Waals surface area contributed by atoms with E-state index >= 15 is 0 Å². The number of hydrogen-bond acceptors (Lipinski definition) is 9. The molecule has 2 aliphatic heterocycles. The average Bonchev–Trinajstić information content (AvgIpc) is 3.31. The van der Waals surface area contributed by atoms with Crippen LogP contribution in [0.3, 0.4) is 0 Å². The van der Waals surface area contributed by atoms with Gasteiger partial charge in [0.05, 0.1) is 12.4 Å². The number of anilines is 1. The predicted octanol–water partition coefficient (Wildman–Crippen LogP) is 3.22. The van der Waals surface area contributed by atoms with Crippen molar-refractivity contribution in [3.05, 3.63) is 40.8 Å². The standard InChI is InChI=1S/C18H20N5O5PS/c1-18(23-10-20-14-15(23)21-17(19)22-16(14)30)7-6-12(27-18)9-26-29(24)25-8-11-4-2-3-5-13(11)28-29/h2-5,10,12,24H,6-9H2,1H3,(H2-,19,21,22,30)/p+1/t12?,18-,29?/m1/s1. The van der Waals surface area contributed by atoms with E-state index in [0.717, 1.165) is 5.56 Å². The van der Waals surface area contributed by atoms with Crippen molar-refractivity contribution in [1.82, 2.24) is 19.5 Å². The third kappa shape index (κ3) is 3.47. The Morgan fingerprint density at radius 2 is 2.30 bits per heavy atom. The Morgan fingerprint density at radius 3 is 3.17 bits per heavy atom. The van der Waals surface area contributed by atoms with E-state index in [1.54, 1.807) is 12.4 Å². The SMILES string of the molecule is C[C@]1(n2cnc3c(=S)nc(N)[nH]c32)CCC(CO[P+]2(O)OCc3ccccc3O2)O1. The van der Waals surface area contributed by atoms with E-state index < -0.39 is 13.9 Å². The van der Waals surface area contributed by atoms with Crippen LogP contribution in [0.1, 0.15) is 25.3 Å². The molecule has 5 rings (SSSR count). The molecule has 30 heavy (non-hydrogen) atoms. The lowest BCUT2D eigenvalue weighted by Crippen LogP contribution is -2.31. The fourth-order valence-corrected chi connectivity index (χ4v) is 5.26. The Balaban J connectivity index is 1.29. The number of hydrogen-bond donors (Lipinski definition) is 3.